The van der Waals surface area contributed by atoms with Crippen molar-refractivity contribution in [1.82, 2.24) is 0 Å². The molecule has 2 rings (SSSR count). The van der Waals surface area contributed by atoms with E-state index in [1.54, 1.807) is 18.2 Å². The number of rotatable bonds is 0. The Hall–Kier alpha value is 0.150. The highest BCUT2D eigenvalue weighted by molar-refractivity contribution is 6.52. The quantitative estimate of drug-likeness (QED) is 0.515. The molecule has 0 aliphatic heterocycles. The molecule has 0 unspecified atom stereocenters. The van der Waals surface area contributed by atoms with Gasteiger partial charge in [0.05, 0.1) is 25.1 Å². The predicted octanol–water partition coefficient (Wildman–Crippen LogP) is 6.11. The molecule has 0 atom stereocenters. The van der Waals surface area contributed by atoms with Crippen molar-refractivity contribution in [2.45, 2.75) is 0 Å². The number of benzene rings is 2. The standard InChI is InChI=1S/C10H3Cl5/c11-5-2-1-4-6(12)3-7(13)10(15)8(4)9(5)14/h1-3H. The smallest absolute Gasteiger partial charge is 0.0687 e. The van der Waals surface area contributed by atoms with Crippen LogP contribution >= 0.6 is 58.0 Å². The van der Waals surface area contributed by atoms with Crippen molar-refractivity contribution in [2.75, 3.05) is 0 Å². The summed E-state index contributed by atoms with van der Waals surface area (Å²) in [6, 6.07) is 5.01. The third kappa shape index (κ3) is 1.90. The van der Waals surface area contributed by atoms with Crippen LogP contribution in [0.4, 0.5) is 0 Å². The Balaban J connectivity index is 3.04. The molecule has 0 radical (unpaired) electrons. The van der Waals surface area contributed by atoms with Crippen molar-refractivity contribution in [3.05, 3.63) is 43.3 Å². The molecule has 5 heteroatoms. The summed E-state index contributed by atoms with van der Waals surface area (Å²) in [4.78, 5) is 0. The summed E-state index contributed by atoms with van der Waals surface area (Å²) in [5, 5.41) is 3.33. The molecule has 0 saturated heterocycles. The summed E-state index contributed by atoms with van der Waals surface area (Å²) in [6.45, 7) is 0. The van der Waals surface area contributed by atoms with Gasteiger partial charge in [0.25, 0.3) is 0 Å². The van der Waals surface area contributed by atoms with Gasteiger partial charge >= 0.3 is 0 Å². The molecule has 15 heavy (non-hydrogen) atoms. The van der Waals surface area contributed by atoms with Crippen LogP contribution in [-0.4, -0.2) is 0 Å². The minimum Gasteiger partial charge on any atom is -0.0836 e. The molecule has 0 aliphatic rings. The Kier molecular flexibility index (Phi) is 3.25. The van der Waals surface area contributed by atoms with Gasteiger partial charge in [0.2, 0.25) is 0 Å². The largest absolute Gasteiger partial charge is 0.0836 e. The lowest BCUT2D eigenvalue weighted by molar-refractivity contribution is 1.74. The molecule has 0 amide bonds. The second-order valence-corrected chi connectivity index (χ2v) is 4.92. The fourth-order valence-electron chi connectivity index (χ4n) is 1.34. The lowest BCUT2D eigenvalue weighted by atomic mass is 10.1. The van der Waals surface area contributed by atoms with Gasteiger partial charge in [-0.25, -0.2) is 0 Å². The van der Waals surface area contributed by atoms with E-state index in [9.17, 15) is 0 Å². The van der Waals surface area contributed by atoms with Crippen LogP contribution in [0.25, 0.3) is 10.8 Å². The van der Waals surface area contributed by atoms with Crippen molar-refractivity contribution in [1.29, 1.82) is 0 Å². The topological polar surface area (TPSA) is 0 Å². The minimum atomic E-state index is 0.360. The zero-order valence-corrected chi connectivity index (χ0v) is 10.9. The van der Waals surface area contributed by atoms with E-state index in [0.29, 0.717) is 30.5 Å². The van der Waals surface area contributed by atoms with E-state index in [-0.39, 0.29) is 0 Å². The Morgan fingerprint density at radius 1 is 0.667 bits per heavy atom. The summed E-state index contributed by atoms with van der Waals surface area (Å²) in [7, 11) is 0. The number of fused-ring (bicyclic) bond motifs is 1. The maximum Gasteiger partial charge on any atom is 0.0687 e. The van der Waals surface area contributed by atoms with Crippen LogP contribution < -0.4 is 0 Å². The first-order valence-electron chi connectivity index (χ1n) is 3.93. The summed E-state index contributed by atoms with van der Waals surface area (Å²) in [5.41, 5.74) is 0. The third-order valence-corrected chi connectivity index (χ3v) is 3.94. The highest BCUT2D eigenvalue weighted by Gasteiger charge is 2.13. The van der Waals surface area contributed by atoms with Crippen molar-refractivity contribution in [3.8, 4) is 0 Å². The van der Waals surface area contributed by atoms with E-state index in [4.69, 9.17) is 58.0 Å². The first-order valence-corrected chi connectivity index (χ1v) is 5.82. The van der Waals surface area contributed by atoms with Gasteiger partial charge in [-0.15, -0.1) is 0 Å². The zero-order chi connectivity index (χ0) is 11.2. The molecule has 0 aliphatic carbocycles. The summed E-state index contributed by atoms with van der Waals surface area (Å²) < 4.78 is 0. The predicted molar refractivity (Wildman–Crippen MR) is 69.0 cm³/mol. The lowest BCUT2D eigenvalue weighted by Crippen LogP contribution is -1.81. The maximum absolute atomic E-state index is 6.04. The fourth-order valence-corrected chi connectivity index (χ4v) is 2.58. The minimum absolute atomic E-state index is 0.360. The van der Waals surface area contributed by atoms with Gasteiger partial charge in [0, 0.05) is 10.8 Å². The second kappa shape index (κ2) is 4.20. The summed E-state index contributed by atoms with van der Waals surface area (Å²) in [5.74, 6) is 0. The maximum atomic E-state index is 6.04. The van der Waals surface area contributed by atoms with E-state index < -0.39 is 0 Å². The molecule has 0 saturated carbocycles. The third-order valence-electron chi connectivity index (χ3n) is 2.03. The van der Waals surface area contributed by atoms with E-state index in [1.165, 1.54) is 0 Å². The molecule has 0 fully saturated rings. The fraction of sp³-hybridized carbons (Fsp3) is 0. The van der Waals surface area contributed by atoms with Crippen LogP contribution in [0.2, 0.25) is 25.1 Å². The highest BCUT2D eigenvalue weighted by atomic mass is 35.5. The zero-order valence-electron chi connectivity index (χ0n) is 7.12. The monoisotopic (exact) mass is 298 g/mol. The molecule has 2 aromatic rings. The molecule has 2 aromatic carbocycles. The lowest BCUT2D eigenvalue weighted by Gasteiger charge is -2.08. The summed E-state index contributed by atoms with van der Waals surface area (Å²) in [6.07, 6.45) is 0. The highest BCUT2D eigenvalue weighted by Crippen LogP contribution is 2.41. The van der Waals surface area contributed by atoms with E-state index >= 15 is 0 Å². The van der Waals surface area contributed by atoms with Crippen molar-refractivity contribution in [3.63, 3.8) is 0 Å². The van der Waals surface area contributed by atoms with Crippen LogP contribution in [0.1, 0.15) is 0 Å². The van der Waals surface area contributed by atoms with Crippen LogP contribution in [0.5, 0.6) is 0 Å². The first-order chi connectivity index (χ1) is 7.02. The molecule has 0 N–H and O–H groups in total. The number of hydrogen-bond donors (Lipinski definition) is 0. The van der Waals surface area contributed by atoms with Crippen molar-refractivity contribution in [2.24, 2.45) is 0 Å². The van der Waals surface area contributed by atoms with Crippen LogP contribution in [0.15, 0.2) is 18.2 Å². The SMILES string of the molecule is Clc1ccc2c(Cl)cc(Cl)c(Cl)c2c1Cl. The van der Waals surface area contributed by atoms with Gasteiger partial charge in [-0.05, 0) is 12.1 Å². The molecule has 78 valence electrons. The Morgan fingerprint density at radius 3 is 1.93 bits per heavy atom. The molecular weight excluding hydrogens is 297 g/mol. The van der Waals surface area contributed by atoms with Crippen LogP contribution in [-0.2, 0) is 0 Å². The van der Waals surface area contributed by atoms with Crippen molar-refractivity contribution < 1.29 is 0 Å². The van der Waals surface area contributed by atoms with Gasteiger partial charge in [0.15, 0.2) is 0 Å². The van der Waals surface area contributed by atoms with Crippen molar-refractivity contribution >= 4 is 68.8 Å². The summed E-state index contributed by atoms with van der Waals surface area (Å²) >= 11 is 29.9. The first kappa shape index (κ1) is 11.6. The molecule has 0 nitrogen and oxygen atoms in total. The number of halogens is 5. The molecule has 0 aromatic heterocycles. The second-order valence-electron chi connectivity index (χ2n) is 2.94. The molecule has 0 spiro atoms. The van der Waals surface area contributed by atoms with Gasteiger partial charge < -0.3 is 0 Å². The Bertz CT molecular complexity index is 539. The average Bonchev–Trinajstić information content (AvgIpc) is 2.19. The van der Waals surface area contributed by atoms with Gasteiger partial charge in [-0.1, -0.05) is 64.1 Å². The van der Waals surface area contributed by atoms with E-state index in [2.05, 4.69) is 0 Å². The van der Waals surface area contributed by atoms with Gasteiger partial charge in [-0.3, -0.25) is 0 Å². The van der Waals surface area contributed by atoms with E-state index in [1.807, 2.05) is 0 Å². The molecular formula is C10H3Cl5. The van der Waals surface area contributed by atoms with Gasteiger partial charge in [0.1, 0.15) is 0 Å². The van der Waals surface area contributed by atoms with Crippen LogP contribution in [0.3, 0.4) is 0 Å². The normalized spacial score (nSPS) is 11.0. The number of hydrogen-bond acceptors (Lipinski definition) is 0. The average molecular weight is 300 g/mol. The van der Waals surface area contributed by atoms with Crippen LogP contribution in [0, 0.1) is 0 Å². The molecule has 0 bridgehead atoms. The van der Waals surface area contributed by atoms with E-state index in [0.717, 1.165) is 5.39 Å². The van der Waals surface area contributed by atoms with Gasteiger partial charge in [-0.2, -0.15) is 0 Å². The Labute approximate surface area is 112 Å². The Morgan fingerprint density at radius 2 is 1.27 bits per heavy atom. The molecule has 0 heterocycles.